The molecule has 2 amide bonds. The van der Waals surface area contributed by atoms with Crippen molar-refractivity contribution in [1.82, 2.24) is 10.2 Å². The van der Waals surface area contributed by atoms with E-state index < -0.39 is 28.5 Å². The molecule has 0 aromatic heterocycles. The number of amides is 2. The lowest BCUT2D eigenvalue weighted by atomic mass is 10.0. The first-order valence-electron chi connectivity index (χ1n) is 11.5. The van der Waals surface area contributed by atoms with Crippen LogP contribution in [0.5, 0.6) is 5.75 Å². The molecule has 0 radical (unpaired) electrons. The number of carbonyl (C=O) groups is 2. The van der Waals surface area contributed by atoms with Crippen LogP contribution < -0.4 is 14.4 Å². The largest absolute Gasteiger partial charge is 0.495 e. The second-order valence-electron chi connectivity index (χ2n) is 8.41. The van der Waals surface area contributed by atoms with E-state index in [1.54, 1.807) is 6.07 Å². The number of nitrogens with zero attached hydrogens (tertiary/aromatic N) is 2. The van der Waals surface area contributed by atoms with E-state index in [0.29, 0.717) is 0 Å². The normalized spacial score (nSPS) is 11.9. The minimum Gasteiger partial charge on any atom is -0.495 e. The van der Waals surface area contributed by atoms with E-state index in [4.69, 9.17) is 16.3 Å². The number of rotatable bonds is 11. The van der Waals surface area contributed by atoms with Crippen LogP contribution in [0.4, 0.5) is 5.69 Å². The molecule has 0 heterocycles. The topological polar surface area (TPSA) is 96.0 Å². The van der Waals surface area contributed by atoms with E-state index in [1.807, 2.05) is 60.7 Å². The SMILES string of the molecule is CNC(=O)[C@H](Cc1ccccc1)N(Cc1ccccc1)C(=O)CN(c1cc(Cl)ccc1OC)S(C)(=O)=O. The molecule has 0 aliphatic rings. The van der Waals surface area contributed by atoms with Crippen LogP contribution in [0.3, 0.4) is 0 Å². The van der Waals surface area contributed by atoms with Crippen LogP contribution in [-0.4, -0.2) is 58.1 Å². The Bertz CT molecular complexity index is 1320. The molecule has 196 valence electrons. The van der Waals surface area contributed by atoms with E-state index in [1.165, 1.54) is 31.2 Å². The molecule has 3 aromatic carbocycles. The second-order valence-corrected chi connectivity index (χ2v) is 10.8. The van der Waals surface area contributed by atoms with E-state index in [0.717, 1.165) is 21.7 Å². The number of benzene rings is 3. The Morgan fingerprint density at radius 2 is 1.57 bits per heavy atom. The van der Waals surface area contributed by atoms with Crippen LogP contribution in [0.1, 0.15) is 11.1 Å². The predicted molar refractivity (Wildman–Crippen MR) is 145 cm³/mol. The van der Waals surface area contributed by atoms with Crippen molar-refractivity contribution in [1.29, 1.82) is 0 Å². The summed E-state index contributed by atoms with van der Waals surface area (Å²) in [7, 11) is -1.03. The highest BCUT2D eigenvalue weighted by atomic mass is 35.5. The Morgan fingerprint density at radius 3 is 2.11 bits per heavy atom. The Balaban J connectivity index is 2.05. The molecule has 0 aliphatic heterocycles. The van der Waals surface area contributed by atoms with Crippen LogP contribution in [0.25, 0.3) is 0 Å². The predicted octanol–water partition coefficient (Wildman–Crippen LogP) is 3.50. The van der Waals surface area contributed by atoms with Gasteiger partial charge in [0.2, 0.25) is 21.8 Å². The molecule has 0 saturated carbocycles. The van der Waals surface area contributed by atoms with Crippen molar-refractivity contribution in [2.24, 2.45) is 0 Å². The highest BCUT2D eigenvalue weighted by Gasteiger charge is 2.33. The van der Waals surface area contributed by atoms with Gasteiger partial charge in [0.25, 0.3) is 0 Å². The van der Waals surface area contributed by atoms with E-state index in [2.05, 4.69) is 5.32 Å². The standard InChI is InChI=1S/C27H30ClN3O5S/c1-29-27(33)24(16-20-10-6-4-7-11-20)30(18-21-12-8-5-9-13-21)26(32)19-31(37(3,34)35)23-17-22(28)14-15-25(23)36-2/h4-15,17,24H,16,18-19H2,1-3H3,(H,29,33)/t24-/m0/s1. The van der Waals surface area contributed by atoms with Crippen LogP contribution in [0.2, 0.25) is 5.02 Å². The minimum absolute atomic E-state index is 0.106. The Morgan fingerprint density at radius 1 is 0.973 bits per heavy atom. The van der Waals surface area contributed by atoms with Crippen molar-refractivity contribution < 1.29 is 22.7 Å². The van der Waals surface area contributed by atoms with Gasteiger partial charge in [-0.25, -0.2) is 8.42 Å². The third-order valence-electron chi connectivity index (χ3n) is 5.80. The highest BCUT2D eigenvalue weighted by Crippen LogP contribution is 2.33. The van der Waals surface area contributed by atoms with Gasteiger partial charge in [-0.3, -0.25) is 13.9 Å². The Hall–Kier alpha value is -3.56. The molecule has 37 heavy (non-hydrogen) atoms. The minimum atomic E-state index is -3.93. The molecule has 8 nitrogen and oxygen atoms in total. The molecule has 0 aliphatic carbocycles. The highest BCUT2D eigenvalue weighted by molar-refractivity contribution is 7.92. The second kappa shape index (κ2) is 12.6. The van der Waals surface area contributed by atoms with Crippen LogP contribution in [-0.2, 0) is 32.6 Å². The summed E-state index contributed by atoms with van der Waals surface area (Å²) in [5.41, 5.74) is 1.78. The quantitative estimate of drug-likeness (QED) is 0.399. The number of hydrogen-bond acceptors (Lipinski definition) is 5. The van der Waals surface area contributed by atoms with Crippen LogP contribution in [0.15, 0.2) is 78.9 Å². The Kier molecular flexibility index (Phi) is 9.54. The molecule has 1 atom stereocenters. The summed E-state index contributed by atoms with van der Waals surface area (Å²) in [5, 5.41) is 2.93. The lowest BCUT2D eigenvalue weighted by molar-refractivity contribution is -0.139. The molecule has 0 bridgehead atoms. The summed E-state index contributed by atoms with van der Waals surface area (Å²) in [4.78, 5) is 28.4. The number of likely N-dealkylation sites (N-methyl/N-ethyl adjacent to an activating group) is 1. The first-order valence-corrected chi connectivity index (χ1v) is 13.8. The molecule has 0 spiro atoms. The number of hydrogen-bond donors (Lipinski definition) is 1. The molecule has 3 rings (SSSR count). The fourth-order valence-electron chi connectivity index (χ4n) is 3.95. The molecule has 1 N–H and O–H groups in total. The smallest absolute Gasteiger partial charge is 0.244 e. The third kappa shape index (κ3) is 7.47. The summed E-state index contributed by atoms with van der Waals surface area (Å²) in [6, 6.07) is 22.2. The summed E-state index contributed by atoms with van der Waals surface area (Å²) >= 11 is 6.15. The van der Waals surface area contributed by atoms with Gasteiger partial charge in [-0.05, 0) is 29.3 Å². The number of anilines is 1. The fraction of sp³-hybridized carbons (Fsp3) is 0.259. The van der Waals surface area contributed by atoms with Gasteiger partial charge >= 0.3 is 0 Å². The van der Waals surface area contributed by atoms with Crippen molar-refractivity contribution in [2.45, 2.75) is 19.0 Å². The zero-order valence-corrected chi connectivity index (χ0v) is 22.5. The van der Waals surface area contributed by atoms with E-state index >= 15 is 0 Å². The number of nitrogens with one attached hydrogen (secondary N) is 1. The molecule has 0 fully saturated rings. The maximum Gasteiger partial charge on any atom is 0.244 e. The fourth-order valence-corrected chi connectivity index (χ4v) is 4.96. The number of carbonyl (C=O) groups excluding carboxylic acids is 2. The van der Waals surface area contributed by atoms with Gasteiger partial charge in [-0.2, -0.15) is 0 Å². The third-order valence-corrected chi connectivity index (χ3v) is 7.16. The summed E-state index contributed by atoms with van der Waals surface area (Å²) < 4.78 is 32.0. The van der Waals surface area contributed by atoms with Gasteiger partial charge in [0, 0.05) is 25.0 Å². The van der Waals surface area contributed by atoms with Gasteiger partial charge in [0.15, 0.2) is 0 Å². The van der Waals surface area contributed by atoms with Crippen molar-refractivity contribution in [2.75, 3.05) is 31.3 Å². The van der Waals surface area contributed by atoms with Crippen molar-refractivity contribution >= 4 is 39.1 Å². The monoisotopic (exact) mass is 543 g/mol. The molecular formula is C27H30ClN3O5S. The van der Waals surface area contributed by atoms with E-state index in [-0.39, 0.29) is 35.3 Å². The molecule has 3 aromatic rings. The average molecular weight is 544 g/mol. The maximum atomic E-state index is 13.9. The van der Waals surface area contributed by atoms with Gasteiger partial charge in [0.1, 0.15) is 18.3 Å². The van der Waals surface area contributed by atoms with Crippen LogP contribution >= 0.6 is 11.6 Å². The van der Waals surface area contributed by atoms with Gasteiger partial charge in [0.05, 0.1) is 19.1 Å². The average Bonchev–Trinajstić information content (AvgIpc) is 2.89. The zero-order chi connectivity index (χ0) is 27.0. The van der Waals surface area contributed by atoms with Crippen LogP contribution in [0, 0.1) is 0 Å². The summed E-state index contributed by atoms with van der Waals surface area (Å²) in [6.07, 6.45) is 1.25. The van der Waals surface area contributed by atoms with Gasteiger partial charge < -0.3 is 15.0 Å². The Labute approximate surface area is 222 Å². The first kappa shape index (κ1) is 28.0. The lowest BCUT2D eigenvalue weighted by Gasteiger charge is -2.33. The molecule has 0 unspecified atom stereocenters. The molecular weight excluding hydrogens is 514 g/mol. The van der Waals surface area contributed by atoms with E-state index in [9.17, 15) is 18.0 Å². The first-order chi connectivity index (χ1) is 17.6. The molecule has 0 saturated heterocycles. The maximum absolute atomic E-state index is 13.9. The summed E-state index contributed by atoms with van der Waals surface area (Å²) in [6.45, 7) is -0.445. The molecule has 10 heteroatoms. The lowest BCUT2D eigenvalue weighted by Crippen LogP contribution is -2.52. The van der Waals surface area contributed by atoms with Crippen molar-refractivity contribution in [3.05, 3.63) is 95.0 Å². The zero-order valence-electron chi connectivity index (χ0n) is 20.9. The van der Waals surface area contributed by atoms with Crippen molar-refractivity contribution in [3.63, 3.8) is 0 Å². The van der Waals surface area contributed by atoms with Gasteiger partial charge in [-0.1, -0.05) is 72.3 Å². The number of sulfonamides is 1. The number of methoxy groups -OCH3 is 1. The van der Waals surface area contributed by atoms with Gasteiger partial charge in [-0.15, -0.1) is 0 Å². The number of ether oxygens (including phenoxy) is 1. The summed E-state index contributed by atoms with van der Waals surface area (Å²) in [5.74, 6) is -0.676. The number of halogens is 1. The van der Waals surface area contributed by atoms with Crippen molar-refractivity contribution in [3.8, 4) is 5.75 Å².